The van der Waals surface area contributed by atoms with Crippen LogP contribution in [0.1, 0.15) is 5.56 Å². The molecule has 28 heavy (non-hydrogen) atoms. The number of nitrogens with one attached hydrogen (secondary N) is 1. The van der Waals surface area contributed by atoms with Crippen molar-refractivity contribution in [3.05, 3.63) is 42.1 Å². The standard InChI is InChI=1S/C21H24N4O3/c1-15-4-6-25-19(12-15)23-20(16-2-3-17-18(13-16)28-14-27-17)21(25)22-5-7-24-8-10-26-11-9-24/h2-4,6,12-13,22H,5,7-11,14H2,1H3. The van der Waals surface area contributed by atoms with E-state index in [1.807, 2.05) is 18.2 Å². The van der Waals surface area contributed by atoms with E-state index in [4.69, 9.17) is 19.2 Å². The number of fused-ring (bicyclic) bond motifs is 2. The van der Waals surface area contributed by atoms with Crippen molar-refractivity contribution >= 4 is 11.5 Å². The van der Waals surface area contributed by atoms with Gasteiger partial charge in [0.2, 0.25) is 6.79 Å². The predicted molar refractivity (Wildman–Crippen MR) is 107 cm³/mol. The van der Waals surface area contributed by atoms with Crippen molar-refractivity contribution in [3.8, 4) is 22.8 Å². The molecule has 0 aliphatic carbocycles. The van der Waals surface area contributed by atoms with Crippen LogP contribution in [0.5, 0.6) is 11.5 Å². The van der Waals surface area contributed by atoms with E-state index >= 15 is 0 Å². The smallest absolute Gasteiger partial charge is 0.231 e. The van der Waals surface area contributed by atoms with Crippen LogP contribution in [0.2, 0.25) is 0 Å². The Balaban J connectivity index is 1.46. The Hall–Kier alpha value is -2.77. The number of imidazole rings is 1. The number of anilines is 1. The minimum Gasteiger partial charge on any atom is -0.454 e. The highest BCUT2D eigenvalue weighted by molar-refractivity contribution is 5.78. The van der Waals surface area contributed by atoms with Gasteiger partial charge in [-0.15, -0.1) is 0 Å². The lowest BCUT2D eigenvalue weighted by atomic mass is 10.1. The number of pyridine rings is 1. The molecule has 146 valence electrons. The van der Waals surface area contributed by atoms with Gasteiger partial charge in [0.15, 0.2) is 11.5 Å². The minimum atomic E-state index is 0.272. The predicted octanol–water partition coefficient (Wildman–Crippen LogP) is 2.78. The molecule has 2 aromatic heterocycles. The van der Waals surface area contributed by atoms with Crippen LogP contribution in [-0.2, 0) is 4.74 Å². The first-order chi connectivity index (χ1) is 13.8. The van der Waals surface area contributed by atoms with Gasteiger partial charge in [-0.2, -0.15) is 0 Å². The zero-order valence-electron chi connectivity index (χ0n) is 16.0. The van der Waals surface area contributed by atoms with Crippen molar-refractivity contribution < 1.29 is 14.2 Å². The first-order valence-electron chi connectivity index (χ1n) is 9.71. The highest BCUT2D eigenvalue weighted by atomic mass is 16.7. The van der Waals surface area contributed by atoms with E-state index in [2.05, 4.69) is 39.9 Å². The highest BCUT2D eigenvalue weighted by Gasteiger charge is 2.19. The maximum absolute atomic E-state index is 5.56. The van der Waals surface area contributed by atoms with Crippen LogP contribution in [0.4, 0.5) is 5.82 Å². The number of hydrogen-bond acceptors (Lipinski definition) is 6. The lowest BCUT2D eigenvalue weighted by Gasteiger charge is -2.26. The molecule has 7 heteroatoms. The molecular formula is C21H24N4O3. The average Bonchev–Trinajstić information content (AvgIpc) is 3.32. The van der Waals surface area contributed by atoms with E-state index in [0.29, 0.717) is 0 Å². The number of aromatic nitrogens is 2. The Morgan fingerprint density at radius 3 is 2.82 bits per heavy atom. The molecule has 0 unspecified atom stereocenters. The maximum Gasteiger partial charge on any atom is 0.231 e. The second-order valence-corrected chi connectivity index (χ2v) is 7.19. The van der Waals surface area contributed by atoms with Gasteiger partial charge in [0.05, 0.1) is 13.2 Å². The summed E-state index contributed by atoms with van der Waals surface area (Å²) in [7, 11) is 0. The molecule has 1 aromatic carbocycles. The number of benzene rings is 1. The number of morpholine rings is 1. The largest absolute Gasteiger partial charge is 0.454 e. The third-order valence-electron chi connectivity index (χ3n) is 5.25. The van der Waals surface area contributed by atoms with Gasteiger partial charge in [-0.3, -0.25) is 9.30 Å². The molecule has 2 aliphatic rings. The van der Waals surface area contributed by atoms with Gasteiger partial charge in [-0.1, -0.05) is 0 Å². The summed E-state index contributed by atoms with van der Waals surface area (Å²) in [4.78, 5) is 7.33. The summed E-state index contributed by atoms with van der Waals surface area (Å²) < 4.78 is 18.6. The van der Waals surface area contributed by atoms with Gasteiger partial charge < -0.3 is 19.5 Å². The topological polar surface area (TPSA) is 60.3 Å². The van der Waals surface area contributed by atoms with E-state index in [9.17, 15) is 0 Å². The molecule has 0 radical (unpaired) electrons. The van der Waals surface area contributed by atoms with Gasteiger partial charge in [-0.25, -0.2) is 4.98 Å². The fourth-order valence-corrected chi connectivity index (χ4v) is 3.72. The number of rotatable bonds is 5. The van der Waals surface area contributed by atoms with E-state index in [1.54, 1.807) is 0 Å². The van der Waals surface area contributed by atoms with E-state index in [-0.39, 0.29) is 6.79 Å². The van der Waals surface area contributed by atoms with E-state index in [0.717, 1.165) is 73.6 Å². The second-order valence-electron chi connectivity index (χ2n) is 7.19. The number of nitrogens with zero attached hydrogens (tertiary/aromatic N) is 3. The third-order valence-corrected chi connectivity index (χ3v) is 5.25. The van der Waals surface area contributed by atoms with Crippen LogP contribution in [0.15, 0.2) is 36.5 Å². The molecule has 0 amide bonds. The summed E-state index contributed by atoms with van der Waals surface area (Å²) >= 11 is 0. The van der Waals surface area contributed by atoms with Crippen LogP contribution >= 0.6 is 0 Å². The van der Waals surface area contributed by atoms with Crippen molar-refractivity contribution in [1.82, 2.24) is 14.3 Å². The molecule has 0 spiro atoms. The van der Waals surface area contributed by atoms with E-state index in [1.165, 1.54) is 5.56 Å². The molecule has 2 aliphatic heterocycles. The van der Waals surface area contributed by atoms with Crippen molar-refractivity contribution in [3.63, 3.8) is 0 Å². The molecule has 1 N–H and O–H groups in total. The van der Waals surface area contributed by atoms with Gasteiger partial charge >= 0.3 is 0 Å². The lowest BCUT2D eigenvalue weighted by Crippen LogP contribution is -2.39. The molecule has 0 atom stereocenters. The molecule has 0 saturated carbocycles. The maximum atomic E-state index is 5.56. The normalized spacial score (nSPS) is 16.6. The summed E-state index contributed by atoms with van der Waals surface area (Å²) in [6.07, 6.45) is 2.07. The molecular weight excluding hydrogens is 356 g/mol. The quantitative estimate of drug-likeness (QED) is 0.735. The van der Waals surface area contributed by atoms with Crippen LogP contribution in [-0.4, -0.2) is 60.5 Å². The van der Waals surface area contributed by atoms with Crippen LogP contribution < -0.4 is 14.8 Å². The van der Waals surface area contributed by atoms with Gasteiger partial charge in [-0.05, 0) is 42.8 Å². The fraction of sp³-hybridized carbons (Fsp3) is 0.381. The van der Waals surface area contributed by atoms with Crippen LogP contribution in [0, 0.1) is 6.92 Å². The minimum absolute atomic E-state index is 0.272. The van der Waals surface area contributed by atoms with Crippen LogP contribution in [0.3, 0.4) is 0 Å². The molecule has 4 heterocycles. The molecule has 5 rings (SSSR count). The van der Waals surface area contributed by atoms with Crippen molar-refractivity contribution in [2.75, 3.05) is 51.5 Å². The summed E-state index contributed by atoms with van der Waals surface area (Å²) in [5.74, 6) is 2.55. The number of ether oxygens (including phenoxy) is 3. The van der Waals surface area contributed by atoms with Crippen molar-refractivity contribution in [1.29, 1.82) is 0 Å². The Bertz CT molecular complexity index is 995. The Morgan fingerprint density at radius 2 is 1.93 bits per heavy atom. The summed E-state index contributed by atoms with van der Waals surface area (Å²) in [6, 6.07) is 10.2. The van der Waals surface area contributed by atoms with Crippen molar-refractivity contribution in [2.24, 2.45) is 0 Å². The third kappa shape index (κ3) is 3.27. The molecule has 0 bridgehead atoms. The number of hydrogen-bond donors (Lipinski definition) is 1. The monoisotopic (exact) mass is 380 g/mol. The van der Waals surface area contributed by atoms with Crippen LogP contribution in [0.25, 0.3) is 16.9 Å². The van der Waals surface area contributed by atoms with Crippen molar-refractivity contribution in [2.45, 2.75) is 6.92 Å². The SMILES string of the molecule is Cc1ccn2c(NCCN3CCOCC3)c(-c3ccc4c(c3)OCO4)nc2c1. The number of aryl methyl sites for hydroxylation is 1. The first kappa shape index (κ1) is 17.3. The summed E-state index contributed by atoms with van der Waals surface area (Å²) in [6.45, 7) is 7.79. The molecule has 7 nitrogen and oxygen atoms in total. The first-order valence-corrected chi connectivity index (χ1v) is 9.71. The average molecular weight is 380 g/mol. The zero-order chi connectivity index (χ0) is 18.9. The molecule has 3 aromatic rings. The lowest BCUT2D eigenvalue weighted by molar-refractivity contribution is 0.0398. The van der Waals surface area contributed by atoms with Gasteiger partial charge in [0.1, 0.15) is 17.2 Å². The molecule has 1 saturated heterocycles. The van der Waals surface area contributed by atoms with Gasteiger partial charge in [0, 0.05) is 37.9 Å². The zero-order valence-corrected chi connectivity index (χ0v) is 16.0. The molecule has 1 fully saturated rings. The fourth-order valence-electron chi connectivity index (χ4n) is 3.72. The second kappa shape index (κ2) is 7.33. The summed E-state index contributed by atoms with van der Waals surface area (Å²) in [5.41, 5.74) is 4.06. The van der Waals surface area contributed by atoms with Gasteiger partial charge in [0.25, 0.3) is 0 Å². The van der Waals surface area contributed by atoms with E-state index < -0.39 is 0 Å². The summed E-state index contributed by atoms with van der Waals surface area (Å²) in [5, 5.41) is 3.62. The highest BCUT2D eigenvalue weighted by Crippen LogP contribution is 2.38. The Labute approximate surface area is 163 Å². The Kier molecular flexibility index (Phi) is 4.54. The Morgan fingerprint density at radius 1 is 1.07 bits per heavy atom.